The second-order valence-electron chi connectivity index (χ2n) is 20.3. The van der Waals surface area contributed by atoms with E-state index >= 15 is 0 Å². The molecular weight excluding hydrogens is 837 g/mol. The highest BCUT2D eigenvalue weighted by atomic mass is 35.5. The number of alkyl halides is 3. The number of allylic oxidation sites excluding steroid dienone is 2. The number of fused-ring (bicyclic) bond motifs is 10. The number of nitrogens with one attached hydrogen (secondary N) is 1. The summed E-state index contributed by atoms with van der Waals surface area (Å²) >= 11 is 6.39. The molecule has 4 bridgehead atoms. The fourth-order valence-electron chi connectivity index (χ4n) is 11.9. The number of amides is 2. The van der Waals surface area contributed by atoms with E-state index in [-0.39, 0.29) is 52.1 Å². The molecule has 0 aliphatic heterocycles. The van der Waals surface area contributed by atoms with Crippen LogP contribution in [0.25, 0.3) is 11.3 Å². The Morgan fingerprint density at radius 2 is 1.73 bits per heavy atom. The lowest BCUT2D eigenvalue weighted by Gasteiger charge is -2.60. The van der Waals surface area contributed by atoms with Crippen LogP contribution in [0.2, 0.25) is 5.02 Å². The van der Waals surface area contributed by atoms with Crippen LogP contribution >= 0.6 is 11.6 Å². The Hall–Kier alpha value is -4.38. The summed E-state index contributed by atoms with van der Waals surface area (Å²) in [6.45, 7) is 11.5. The molecule has 8 atom stereocenters. The highest BCUT2D eigenvalue weighted by Crippen LogP contribution is 2.62. The van der Waals surface area contributed by atoms with Gasteiger partial charge in [-0.05, 0) is 160 Å². The molecular formula is C53H62ClF3N2O5. The van der Waals surface area contributed by atoms with E-state index < -0.39 is 34.6 Å². The summed E-state index contributed by atoms with van der Waals surface area (Å²) in [5.41, 5.74) is 1.14. The third-order valence-electron chi connectivity index (χ3n) is 16.1. The second-order valence-corrected chi connectivity index (χ2v) is 20.7. The first kappa shape index (κ1) is 46.2. The summed E-state index contributed by atoms with van der Waals surface area (Å²) in [6.07, 6.45) is 3.96. The third-order valence-corrected chi connectivity index (χ3v) is 16.5. The van der Waals surface area contributed by atoms with E-state index in [9.17, 15) is 33.0 Å². The van der Waals surface area contributed by atoms with E-state index in [1.807, 2.05) is 54.3 Å². The number of furan rings is 1. The minimum atomic E-state index is -4.61. The maximum Gasteiger partial charge on any atom is 0.416 e. The minimum Gasteiger partial charge on any atom is -0.453 e. The zero-order valence-electron chi connectivity index (χ0n) is 37.6. The molecule has 4 saturated carbocycles. The van der Waals surface area contributed by atoms with Crippen molar-refractivity contribution < 1.29 is 37.4 Å². The topological polar surface area (TPSA) is 103 Å². The average molecular weight is 900 g/mol. The lowest BCUT2D eigenvalue weighted by atomic mass is 9.45. The van der Waals surface area contributed by atoms with Crippen LogP contribution in [0, 0.1) is 28.6 Å². The molecule has 342 valence electrons. The van der Waals surface area contributed by atoms with Gasteiger partial charge in [0.1, 0.15) is 5.76 Å². The van der Waals surface area contributed by atoms with Gasteiger partial charge in [0.15, 0.2) is 5.76 Å². The van der Waals surface area contributed by atoms with Crippen molar-refractivity contribution >= 4 is 23.4 Å². The first-order chi connectivity index (χ1) is 30.3. The van der Waals surface area contributed by atoms with Crippen molar-refractivity contribution in [3.63, 3.8) is 0 Å². The molecule has 64 heavy (non-hydrogen) atoms. The van der Waals surface area contributed by atoms with Crippen LogP contribution in [0.4, 0.5) is 18.0 Å². The molecule has 11 heteroatoms. The molecule has 0 spiro atoms. The van der Waals surface area contributed by atoms with Crippen molar-refractivity contribution in [3.8, 4) is 11.3 Å². The van der Waals surface area contributed by atoms with Crippen molar-refractivity contribution in [3.05, 3.63) is 129 Å². The highest BCUT2D eigenvalue weighted by Gasteiger charge is 2.59. The van der Waals surface area contributed by atoms with Crippen molar-refractivity contribution in [2.24, 2.45) is 28.6 Å². The van der Waals surface area contributed by atoms with E-state index in [4.69, 9.17) is 16.0 Å². The lowest BCUT2D eigenvalue weighted by Crippen LogP contribution is -2.59. The smallest absolute Gasteiger partial charge is 0.416 e. The summed E-state index contributed by atoms with van der Waals surface area (Å²) in [7, 11) is 0. The molecule has 0 saturated heterocycles. The first-order valence-electron chi connectivity index (χ1n) is 23.1. The molecule has 3 aromatic carbocycles. The third kappa shape index (κ3) is 8.96. The maximum atomic E-state index is 14.8. The zero-order chi connectivity index (χ0) is 45.8. The van der Waals surface area contributed by atoms with Crippen molar-refractivity contribution in [1.82, 2.24) is 10.2 Å². The normalized spacial score (nSPS) is 28.3. The van der Waals surface area contributed by atoms with Gasteiger partial charge in [0, 0.05) is 23.1 Å². The Labute approximate surface area is 380 Å². The van der Waals surface area contributed by atoms with Gasteiger partial charge in [-0.2, -0.15) is 13.2 Å². The van der Waals surface area contributed by atoms with Gasteiger partial charge in [0.2, 0.25) is 5.78 Å². The minimum absolute atomic E-state index is 0.0135. The van der Waals surface area contributed by atoms with Gasteiger partial charge in [-0.25, -0.2) is 4.79 Å². The molecule has 3 N–H and O–H groups in total. The molecule has 10 rings (SSSR count). The predicted molar refractivity (Wildman–Crippen MR) is 244 cm³/mol. The predicted octanol–water partition coefficient (Wildman–Crippen LogP) is 12.7. The average Bonchev–Trinajstić information content (AvgIpc) is 3.84. The standard InChI is InChI=1S/C53H62ClF3N2O5/c1-32-10-9-24-51(5)43(23-25-52(51,63)31-59(30-36-15-16-37-29-44(36)50(37,3)4)49(62)58-33(2)35-11-7-6-8-12-35)40-19-14-34(26-39(60)18-13-32)27-41(40)48(61)47-22-21-46(64-47)42-28-38(53(55,56)57)17-20-45(42)54/h6-8,10-12,14,17,19-22,27-28,33,36-37,39,43-44,60,63H,9,13,15-16,18,23-26,29-31H2,1-5H3,(H,58,62). The molecule has 6 aliphatic carbocycles. The van der Waals surface area contributed by atoms with E-state index in [1.54, 1.807) is 6.07 Å². The zero-order valence-corrected chi connectivity index (χ0v) is 38.4. The number of aliphatic hydroxyl groups is 2. The second kappa shape index (κ2) is 17.8. The monoisotopic (exact) mass is 898 g/mol. The summed E-state index contributed by atoms with van der Waals surface area (Å²) in [5, 5.41) is 27.8. The molecule has 1 heterocycles. The number of carbonyl (C=O) groups is 2. The van der Waals surface area contributed by atoms with Crippen LogP contribution < -0.4 is 5.32 Å². The number of ketones is 1. The number of benzene rings is 3. The molecule has 4 fully saturated rings. The van der Waals surface area contributed by atoms with Gasteiger partial charge in [-0.1, -0.05) is 86.5 Å². The van der Waals surface area contributed by atoms with Crippen LogP contribution in [0.15, 0.2) is 94.9 Å². The van der Waals surface area contributed by atoms with Gasteiger partial charge in [-0.3, -0.25) is 4.79 Å². The van der Waals surface area contributed by atoms with Crippen LogP contribution in [-0.2, 0) is 12.6 Å². The molecule has 7 nitrogen and oxygen atoms in total. The number of aliphatic hydroxyl groups excluding tert-OH is 1. The van der Waals surface area contributed by atoms with Gasteiger partial charge in [0.05, 0.1) is 34.9 Å². The number of rotatable bonds is 9. The number of halogens is 4. The van der Waals surface area contributed by atoms with Crippen LogP contribution in [0.5, 0.6) is 0 Å². The van der Waals surface area contributed by atoms with Crippen LogP contribution in [0.1, 0.15) is 143 Å². The summed E-state index contributed by atoms with van der Waals surface area (Å²) in [6, 6.07) is 21.0. The Morgan fingerprint density at radius 1 is 0.969 bits per heavy atom. The quantitative estimate of drug-likeness (QED) is 0.115. The van der Waals surface area contributed by atoms with E-state index in [1.165, 1.54) is 12.1 Å². The number of nitrogens with zero attached hydrogens (tertiary/aromatic N) is 1. The molecule has 0 radical (unpaired) electrons. The van der Waals surface area contributed by atoms with E-state index in [0.717, 1.165) is 59.7 Å². The highest BCUT2D eigenvalue weighted by molar-refractivity contribution is 6.33. The number of urea groups is 1. The largest absolute Gasteiger partial charge is 0.453 e. The Bertz CT molecular complexity index is 2390. The maximum absolute atomic E-state index is 14.8. The number of hydrogen-bond acceptors (Lipinski definition) is 5. The fraction of sp³-hybridized carbons (Fsp3) is 0.509. The molecule has 2 amide bonds. The Balaban J connectivity index is 1.17. The summed E-state index contributed by atoms with van der Waals surface area (Å²) in [4.78, 5) is 31.4. The van der Waals surface area contributed by atoms with Crippen molar-refractivity contribution in [2.45, 2.75) is 129 Å². The van der Waals surface area contributed by atoms with Gasteiger partial charge in [0.25, 0.3) is 0 Å². The molecule has 1 aromatic heterocycles. The van der Waals surface area contributed by atoms with E-state index in [2.05, 4.69) is 39.1 Å². The van der Waals surface area contributed by atoms with Gasteiger partial charge >= 0.3 is 12.2 Å². The summed E-state index contributed by atoms with van der Waals surface area (Å²) < 4.78 is 47.2. The van der Waals surface area contributed by atoms with Crippen LogP contribution in [0.3, 0.4) is 0 Å². The molecule has 8 unspecified atom stereocenters. The van der Waals surface area contributed by atoms with Crippen molar-refractivity contribution in [1.29, 1.82) is 0 Å². The molecule has 6 aliphatic rings. The van der Waals surface area contributed by atoms with Gasteiger partial charge < -0.3 is 24.8 Å². The summed E-state index contributed by atoms with van der Waals surface area (Å²) in [5.74, 6) is 0.666. The number of hydrogen-bond donors (Lipinski definition) is 3. The Morgan fingerprint density at radius 3 is 2.45 bits per heavy atom. The fourth-order valence-corrected chi connectivity index (χ4v) is 12.1. The lowest BCUT2D eigenvalue weighted by molar-refractivity contribution is -0.137. The van der Waals surface area contributed by atoms with Crippen molar-refractivity contribution in [2.75, 3.05) is 13.1 Å². The Kier molecular flexibility index (Phi) is 12.8. The first-order valence-corrected chi connectivity index (χ1v) is 23.5. The van der Waals surface area contributed by atoms with Gasteiger partial charge in [-0.15, -0.1) is 0 Å². The van der Waals surface area contributed by atoms with E-state index in [0.29, 0.717) is 74.8 Å². The molecule has 4 aromatic rings. The number of carbonyl (C=O) groups excluding carboxylic acids is 2. The SMILES string of the molecule is CC1=CCCC2(C)C(CCC2(O)CN(CC2CCC3CC2C3(C)C)C(=O)NC(C)c2ccccc2)c2ccc(cc2C(=O)c2ccc(-c3cc(C(F)(F)F)ccc3Cl)o2)CC(O)CC1. The van der Waals surface area contributed by atoms with Crippen LogP contribution in [-0.4, -0.2) is 51.7 Å².